The molecular formula is C18H24N4O3. The largest absolute Gasteiger partial charge is 0.489 e. The van der Waals surface area contributed by atoms with Crippen LogP contribution in [-0.4, -0.2) is 54.2 Å². The number of likely N-dealkylation sites (N-methyl/N-ethyl adjacent to an activating group) is 1. The van der Waals surface area contributed by atoms with Crippen molar-refractivity contribution in [2.45, 2.75) is 20.5 Å². The number of ether oxygens (including phenoxy) is 1. The smallest absolute Gasteiger partial charge is 0.265 e. The van der Waals surface area contributed by atoms with Crippen LogP contribution in [0.15, 0.2) is 28.8 Å². The molecule has 1 aliphatic rings. The van der Waals surface area contributed by atoms with Crippen molar-refractivity contribution >= 4 is 5.91 Å². The number of carbonyl (C=O) groups excluding carboxylic acids is 1. The maximum Gasteiger partial charge on any atom is 0.265 e. The summed E-state index contributed by atoms with van der Waals surface area (Å²) in [6.07, 6.45) is 0. The molecule has 0 atom stereocenters. The van der Waals surface area contributed by atoms with Crippen LogP contribution in [-0.2, 0) is 6.61 Å². The van der Waals surface area contributed by atoms with Gasteiger partial charge in [0.1, 0.15) is 18.1 Å². The number of nitrogens with one attached hydrogen (secondary N) is 1. The van der Waals surface area contributed by atoms with Gasteiger partial charge in [-0.25, -0.2) is 5.01 Å². The van der Waals surface area contributed by atoms with Gasteiger partial charge in [-0.3, -0.25) is 10.2 Å². The van der Waals surface area contributed by atoms with Gasteiger partial charge in [-0.15, -0.1) is 0 Å². The number of hydrogen-bond acceptors (Lipinski definition) is 6. The first kappa shape index (κ1) is 17.4. The number of amides is 1. The summed E-state index contributed by atoms with van der Waals surface area (Å²) in [5, 5.41) is 5.87. The van der Waals surface area contributed by atoms with E-state index >= 15 is 0 Å². The summed E-state index contributed by atoms with van der Waals surface area (Å²) >= 11 is 0. The Morgan fingerprint density at radius 1 is 1.28 bits per heavy atom. The van der Waals surface area contributed by atoms with Crippen LogP contribution in [0.5, 0.6) is 5.75 Å². The minimum atomic E-state index is -0.118. The number of hydrazine groups is 1. The zero-order chi connectivity index (χ0) is 17.8. The lowest BCUT2D eigenvalue weighted by Crippen LogP contribution is -2.52. The average Bonchev–Trinajstić information content (AvgIpc) is 2.93. The molecule has 0 aliphatic carbocycles. The molecule has 25 heavy (non-hydrogen) atoms. The van der Waals surface area contributed by atoms with Crippen molar-refractivity contribution in [1.29, 1.82) is 0 Å². The number of benzene rings is 1. The molecule has 0 unspecified atom stereocenters. The second kappa shape index (κ2) is 7.67. The summed E-state index contributed by atoms with van der Waals surface area (Å²) in [7, 11) is 2.08. The van der Waals surface area contributed by atoms with Gasteiger partial charge in [-0.1, -0.05) is 11.2 Å². The lowest BCUT2D eigenvalue weighted by molar-refractivity contribution is 0.0662. The van der Waals surface area contributed by atoms with Crippen molar-refractivity contribution in [3.63, 3.8) is 0 Å². The highest BCUT2D eigenvalue weighted by Gasteiger charge is 2.17. The number of aryl methyl sites for hydroxylation is 2. The normalized spacial score (nSPS) is 16.0. The Morgan fingerprint density at radius 2 is 2.04 bits per heavy atom. The van der Waals surface area contributed by atoms with Gasteiger partial charge >= 0.3 is 0 Å². The van der Waals surface area contributed by atoms with Crippen molar-refractivity contribution < 1.29 is 14.1 Å². The van der Waals surface area contributed by atoms with Crippen LogP contribution in [0.25, 0.3) is 0 Å². The fraction of sp³-hybridized carbons (Fsp3) is 0.444. The van der Waals surface area contributed by atoms with E-state index in [-0.39, 0.29) is 5.91 Å². The van der Waals surface area contributed by atoms with Crippen LogP contribution >= 0.6 is 0 Å². The zero-order valence-electron chi connectivity index (χ0n) is 14.9. The average molecular weight is 344 g/mol. The maximum atomic E-state index is 12.4. The van der Waals surface area contributed by atoms with Gasteiger partial charge in [0, 0.05) is 31.7 Å². The lowest BCUT2D eigenvalue weighted by atomic mass is 10.2. The van der Waals surface area contributed by atoms with Gasteiger partial charge in [0.05, 0.1) is 11.3 Å². The summed E-state index contributed by atoms with van der Waals surface area (Å²) in [4.78, 5) is 14.7. The third kappa shape index (κ3) is 4.37. The van der Waals surface area contributed by atoms with Gasteiger partial charge in [0.2, 0.25) is 0 Å². The van der Waals surface area contributed by atoms with Gasteiger partial charge in [0.25, 0.3) is 5.91 Å². The molecule has 1 fully saturated rings. The molecular weight excluding hydrogens is 320 g/mol. The van der Waals surface area contributed by atoms with Crippen molar-refractivity contribution in [3.8, 4) is 5.75 Å². The minimum Gasteiger partial charge on any atom is -0.489 e. The Labute approximate surface area is 147 Å². The highest BCUT2D eigenvalue weighted by atomic mass is 16.5. The second-order valence-electron chi connectivity index (χ2n) is 6.35. The first-order chi connectivity index (χ1) is 12.0. The molecule has 1 aliphatic heterocycles. The number of carbonyl (C=O) groups is 1. The molecule has 1 amide bonds. The molecule has 134 valence electrons. The first-order valence-corrected chi connectivity index (χ1v) is 8.42. The molecule has 0 bridgehead atoms. The molecule has 7 heteroatoms. The molecule has 1 aromatic heterocycles. The molecule has 2 aromatic rings. The van der Waals surface area contributed by atoms with Crippen LogP contribution < -0.4 is 10.2 Å². The van der Waals surface area contributed by atoms with E-state index < -0.39 is 0 Å². The number of hydrogen-bond donors (Lipinski definition) is 1. The van der Waals surface area contributed by atoms with E-state index in [1.165, 1.54) is 0 Å². The third-order valence-electron chi connectivity index (χ3n) is 4.42. The van der Waals surface area contributed by atoms with Crippen LogP contribution in [0, 0.1) is 13.8 Å². The molecule has 0 radical (unpaired) electrons. The van der Waals surface area contributed by atoms with Crippen LogP contribution in [0.4, 0.5) is 0 Å². The Hall–Kier alpha value is -2.38. The summed E-state index contributed by atoms with van der Waals surface area (Å²) in [5.41, 5.74) is 5.29. The van der Waals surface area contributed by atoms with Gasteiger partial charge in [-0.05, 0) is 39.1 Å². The predicted octanol–water partition coefficient (Wildman–Crippen LogP) is 1.76. The molecule has 7 nitrogen and oxygen atoms in total. The number of piperazine rings is 1. The Bertz CT molecular complexity index is 716. The fourth-order valence-electron chi connectivity index (χ4n) is 2.72. The Kier molecular flexibility index (Phi) is 5.35. The molecule has 0 spiro atoms. The highest BCUT2D eigenvalue weighted by Crippen LogP contribution is 2.18. The fourth-order valence-corrected chi connectivity index (χ4v) is 2.72. The SMILES string of the molecule is Cc1noc(C)c1COc1cccc(C(=O)NN2CCN(C)CC2)c1. The number of nitrogens with zero attached hydrogens (tertiary/aromatic N) is 3. The standard InChI is InChI=1S/C18H24N4O3/c1-13-17(14(2)25-20-13)12-24-16-6-4-5-15(11-16)18(23)19-22-9-7-21(3)8-10-22/h4-6,11H,7-10,12H2,1-3H3,(H,19,23). The maximum absolute atomic E-state index is 12.4. The molecule has 1 N–H and O–H groups in total. The van der Waals surface area contributed by atoms with E-state index in [9.17, 15) is 4.79 Å². The van der Waals surface area contributed by atoms with Crippen LogP contribution in [0.1, 0.15) is 27.4 Å². The van der Waals surface area contributed by atoms with Crippen molar-refractivity contribution in [1.82, 2.24) is 20.5 Å². The summed E-state index contributed by atoms with van der Waals surface area (Å²) in [5.74, 6) is 1.28. The van der Waals surface area contributed by atoms with E-state index in [4.69, 9.17) is 9.26 Å². The summed E-state index contributed by atoms with van der Waals surface area (Å²) < 4.78 is 10.9. The van der Waals surface area contributed by atoms with Crippen molar-refractivity contribution in [2.75, 3.05) is 33.2 Å². The molecule has 0 saturated carbocycles. The van der Waals surface area contributed by atoms with E-state index in [1.807, 2.05) is 31.0 Å². The first-order valence-electron chi connectivity index (χ1n) is 8.42. The van der Waals surface area contributed by atoms with Gasteiger partial charge < -0.3 is 14.2 Å². The number of aromatic nitrogens is 1. The molecule has 3 rings (SSSR count). The van der Waals surface area contributed by atoms with Crippen molar-refractivity contribution in [2.24, 2.45) is 0 Å². The Morgan fingerprint density at radius 3 is 2.72 bits per heavy atom. The molecule has 2 heterocycles. The topological polar surface area (TPSA) is 70.8 Å². The van der Waals surface area contributed by atoms with E-state index in [1.54, 1.807) is 12.1 Å². The molecule has 1 aromatic carbocycles. The minimum absolute atomic E-state index is 0.118. The van der Waals surface area contributed by atoms with Gasteiger partial charge in [0.15, 0.2) is 0 Å². The van der Waals surface area contributed by atoms with E-state index in [0.29, 0.717) is 17.9 Å². The summed E-state index contributed by atoms with van der Waals surface area (Å²) in [6.45, 7) is 7.65. The quantitative estimate of drug-likeness (QED) is 0.891. The monoisotopic (exact) mass is 344 g/mol. The van der Waals surface area contributed by atoms with E-state index in [0.717, 1.165) is 43.2 Å². The van der Waals surface area contributed by atoms with Crippen molar-refractivity contribution in [3.05, 3.63) is 46.8 Å². The Balaban J connectivity index is 1.60. The number of rotatable bonds is 5. The molecule has 1 saturated heterocycles. The summed E-state index contributed by atoms with van der Waals surface area (Å²) in [6, 6.07) is 7.20. The van der Waals surface area contributed by atoms with Gasteiger partial charge in [-0.2, -0.15) is 0 Å². The predicted molar refractivity (Wildman–Crippen MR) is 93.3 cm³/mol. The van der Waals surface area contributed by atoms with Crippen LogP contribution in [0.2, 0.25) is 0 Å². The highest BCUT2D eigenvalue weighted by molar-refractivity contribution is 5.94. The van der Waals surface area contributed by atoms with Crippen LogP contribution in [0.3, 0.4) is 0 Å². The third-order valence-corrected chi connectivity index (χ3v) is 4.42. The van der Waals surface area contributed by atoms with E-state index in [2.05, 4.69) is 22.5 Å². The lowest BCUT2D eigenvalue weighted by Gasteiger charge is -2.32. The zero-order valence-corrected chi connectivity index (χ0v) is 14.9. The second-order valence-corrected chi connectivity index (χ2v) is 6.35.